The fraction of sp³-hybridized carbons (Fsp3) is 0.692. The van der Waals surface area contributed by atoms with Crippen LogP contribution in [0.1, 0.15) is 33.0 Å². The van der Waals surface area contributed by atoms with Crippen LogP contribution in [-0.4, -0.2) is 35.3 Å². The maximum absolute atomic E-state index is 5.55. The molecule has 0 atom stereocenters. The first kappa shape index (κ1) is 13.7. The molecular formula is C13H20BrN3O. The molecule has 2 rings (SSSR count). The van der Waals surface area contributed by atoms with E-state index in [-0.39, 0.29) is 5.54 Å². The number of anilines is 1. The summed E-state index contributed by atoms with van der Waals surface area (Å²) in [7, 11) is 0. The molecule has 2 heterocycles. The van der Waals surface area contributed by atoms with Crippen LogP contribution in [0.5, 0.6) is 0 Å². The average molecular weight is 314 g/mol. The number of rotatable bonds is 3. The fourth-order valence-corrected chi connectivity index (χ4v) is 2.62. The lowest BCUT2D eigenvalue weighted by molar-refractivity contribution is 0.0638. The van der Waals surface area contributed by atoms with E-state index >= 15 is 0 Å². The van der Waals surface area contributed by atoms with Crippen LogP contribution in [0.3, 0.4) is 0 Å². The van der Waals surface area contributed by atoms with Crippen molar-refractivity contribution in [2.45, 2.75) is 39.2 Å². The highest BCUT2D eigenvalue weighted by Gasteiger charge is 2.31. The molecule has 1 aliphatic heterocycles. The van der Waals surface area contributed by atoms with Crippen molar-refractivity contribution in [3.05, 3.63) is 16.5 Å². The van der Waals surface area contributed by atoms with Crippen LogP contribution in [0.4, 0.5) is 5.82 Å². The van der Waals surface area contributed by atoms with Gasteiger partial charge in [-0.05, 0) is 36.2 Å². The largest absolute Gasteiger partial charge is 0.377 e. The topological polar surface area (TPSA) is 38.2 Å². The van der Waals surface area contributed by atoms with Gasteiger partial charge in [0.05, 0.1) is 18.8 Å². The quantitative estimate of drug-likeness (QED) is 0.804. The summed E-state index contributed by atoms with van der Waals surface area (Å²) in [5.74, 6) is 1.90. The summed E-state index contributed by atoms with van der Waals surface area (Å²) in [6.45, 7) is 8.87. The van der Waals surface area contributed by atoms with Crippen molar-refractivity contribution in [3.63, 3.8) is 0 Å². The molecule has 0 radical (unpaired) electrons. The standard InChI is InChI=1S/C13H20BrN3O/c1-4-5-11-15-10(14)8-12(16-11)17-6-7-18-9-13(17,2)3/h8H,4-7,9H2,1-3H3. The summed E-state index contributed by atoms with van der Waals surface area (Å²) in [5.41, 5.74) is -0.0183. The third-order valence-electron chi connectivity index (χ3n) is 3.12. The van der Waals surface area contributed by atoms with Crippen LogP contribution in [-0.2, 0) is 11.2 Å². The molecule has 18 heavy (non-hydrogen) atoms. The van der Waals surface area contributed by atoms with Crippen LogP contribution in [0, 0.1) is 0 Å². The maximum Gasteiger partial charge on any atom is 0.134 e. The van der Waals surface area contributed by atoms with Crippen molar-refractivity contribution < 1.29 is 4.74 Å². The molecule has 1 saturated heterocycles. The average Bonchev–Trinajstić information content (AvgIpc) is 2.27. The van der Waals surface area contributed by atoms with Crippen LogP contribution >= 0.6 is 15.9 Å². The second-order valence-corrected chi connectivity index (χ2v) is 6.04. The highest BCUT2D eigenvalue weighted by Crippen LogP contribution is 2.27. The van der Waals surface area contributed by atoms with Crippen LogP contribution in [0.25, 0.3) is 0 Å². The van der Waals surface area contributed by atoms with E-state index in [0.29, 0.717) is 0 Å². The summed E-state index contributed by atoms with van der Waals surface area (Å²) >= 11 is 3.48. The molecular weight excluding hydrogens is 294 g/mol. The predicted molar refractivity (Wildman–Crippen MR) is 76.0 cm³/mol. The van der Waals surface area contributed by atoms with Crippen LogP contribution in [0.2, 0.25) is 0 Å². The Hall–Kier alpha value is -0.680. The minimum absolute atomic E-state index is 0.0183. The zero-order valence-electron chi connectivity index (χ0n) is 11.2. The highest BCUT2D eigenvalue weighted by molar-refractivity contribution is 9.10. The van der Waals surface area contributed by atoms with Crippen molar-refractivity contribution in [1.82, 2.24) is 9.97 Å². The highest BCUT2D eigenvalue weighted by atomic mass is 79.9. The zero-order chi connectivity index (χ0) is 13.2. The molecule has 0 aliphatic carbocycles. The van der Waals surface area contributed by atoms with E-state index in [1.54, 1.807) is 0 Å². The first-order valence-electron chi connectivity index (χ1n) is 6.42. The molecule has 5 heteroatoms. The van der Waals surface area contributed by atoms with E-state index in [1.807, 2.05) is 6.07 Å². The summed E-state index contributed by atoms with van der Waals surface area (Å²) in [6, 6.07) is 1.99. The molecule has 0 N–H and O–H groups in total. The molecule has 1 aliphatic rings. The fourth-order valence-electron chi connectivity index (χ4n) is 2.21. The van der Waals surface area contributed by atoms with Crippen LogP contribution in [0.15, 0.2) is 10.7 Å². The van der Waals surface area contributed by atoms with Gasteiger partial charge in [0, 0.05) is 19.0 Å². The molecule has 4 nitrogen and oxygen atoms in total. The zero-order valence-corrected chi connectivity index (χ0v) is 12.8. The van der Waals surface area contributed by atoms with Crippen molar-refractivity contribution in [2.75, 3.05) is 24.7 Å². The molecule has 0 amide bonds. The molecule has 0 aromatic carbocycles. The van der Waals surface area contributed by atoms with Crippen molar-refractivity contribution in [2.24, 2.45) is 0 Å². The van der Waals surface area contributed by atoms with Crippen molar-refractivity contribution in [3.8, 4) is 0 Å². The van der Waals surface area contributed by atoms with E-state index in [4.69, 9.17) is 4.74 Å². The lowest BCUT2D eigenvalue weighted by Crippen LogP contribution is -2.53. The first-order valence-corrected chi connectivity index (χ1v) is 7.21. The van der Waals surface area contributed by atoms with E-state index in [9.17, 15) is 0 Å². The number of nitrogens with zero attached hydrogens (tertiary/aromatic N) is 3. The van der Waals surface area contributed by atoms with E-state index < -0.39 is 0 Å². The Morgan fingerprint density at radius 2 is 2.22 bits per heavy atom. The second kappa shape index (κ2) is 5.53. The van der Waals surface area contributed by atoms with Gasteiger partial charge in [-0.2, -0.15) is 0 Å². The summed E-state index contributed by atoms with van der Waals surface area (Å²) in [5, 5.41) is 0. The Morgan fingerprint density at radius 1 is 1.44 bits per heavy atom. The number of hydrogen-bond acceptors (Lipinski definition) is 4. The van der Waals surface area contributed by atoms with Gasteiger partial charge in [-0.15, -0.1) is 0 Å². The van der Waals surface area contributed by atoms with Gasteiger partial charge < -0.3 is 9.64 Å². The maximum atomic E-state index is 5.55. The van der Waals surface area contributed by atoms with Gasteiger partial charge in [-0.25, -0.2) is 9.97 Å². The molecule has 100 valence electrons. The smallest absolute Gasteiger partial charge is 0.134 e. The number of ether oxygens (including phenoxy) is 1. The molecule has 1 aromatic heterocycles. The Bertz CT molecular complexity index is 423. The Balaban J connectivity index is 2.31. The second-order valence-electron chi connectivity index (χ2n) is 5.23. The summed E-state index contributed by atoms with van der Waals surface area (Å²) < 4.78 is 6.41. The Kier molecular flexibility index (Phi) is 4.22. The van der Waals surface area contributed by atoms with Crippen molar-refractivity contribution >= 4 is 21.7 Å². The molecule has 0 bridgehead atoms. The van der Waals surface area contributed by atoms with Gasteiger partial charge in [0.15, 0.2) is 0 Å². The summed E-state index contributed by atoms with van der Waals surface area (Å²) in [6.07, 6.45) is 1.97. The third-order valence-corrected chi connectivity index (χ3v) is 3.53. The normalized spacial score (nSPS) is 19.0. The first-order chi connectivity index (χ1) is 8.53. The Morgan fingerprint density at radius 3 is 2.89 bits per heavy atom. The monoisotopic (exact) mass is 313 g/mol. The van der Waals surface area contributed by atoms with Gasteiger partial charge in [0.1, 0.15) is 16.2 Å². The minimum atomic E-state index is -0.0183. The van der Waals surface area contributed by atoms with Gasteiger partial charge in [-0.1, -0.05) is 6.92 Å². The van der Waals surface area contributed by atoms with E-state index in [2.05, 4.69) is 51.6 Å². The minimum Gasteiger partial charge on any atom is -0.377 e. The van der Waals surface area contributed by atoms with E-state index in [0.717, 1.165) is 48.8 Å². The molecule has 1 fully saturated rings. The number of aromatic nitrogens is 2. The van der Waals surface area contributed by atoms with Gasteiger partial charge in [-0.3, -0.25) is 0 Å². The van der Waals surface area contributed by atoms with Crippen LogP contribution < -0.4 is 4.90 Å². The lowest BCUT2D eigenvalue weighted by atomic mass is 10.0. The Labute approximate surface area is 117 Å². The molecule has 0 unspecified atom stereocenters. The number of hydrogen-bond donors (Lipinski definition) is 0. The lowest BCUT2D eigenvalue weighted by Gasteiger charge is -2.43. The van der Waals surface area contributed by atoms with Gasteiger partial charge >= 0.3 is 0 Å². The van der Waals surface area contributed by atoms with Gasteiger partial charge in [0.25, 0.3) is 0 Å². The van der Waals surface area contributed by atoms with E-state index in [1.165, 1.54) is 0 Å². The number of morpholine rings is 1. The third kappa shape index (κ3) is 3.01. The number of aryl methyl sites for hydroxylation is 1. The van der Waals surface area contributed by atoms with Gasteiger partial charge in [0.2, 0.25) is 0 Å². The van der Waals surface area contributed by atoms with Crippen molar-refractivity contribution in [1.29, 1.82) is 0 Å². The molecule has 0 saturated carbocycles. The molecule has 0 spiro atoms. The molecule has 1 aromatic rings. The number of halogens is 1. The SMILES string of the molecule is CCCc1nc(Br)cc(N2CCOCC2(C)C)n1. The predicted octanol–water partition coefficient (Wildman–Crippen LogP) is 2.81. The summed E-state index contributed by atoms with van der Waals surface area (Å²) in [4.78, 5) is 11.4.